The van der Waals surface area contributed by atoms with Gasteiger partial charge in [-0.15, -0.1) is 6.58 Å². The van der Waals surface area contributed by atoms with E-state index in [9.17, 15) is 0 Å². The van der Waals surface area contributed by atoms with Gasteiger partial charge in [0.2, 0.25) is 0 Å². The molecule has 0 saturated carbocycles. The molecule has 0 aromatic heterocycles. The molecule has 0 aliphatic carbocycles. The average molecular weight is 130 g/mol. The molecule has 9 heavy (non-hydrogen) atoms. The average Bonchev–Trinajstić information content (AvgIpc) is 1.91. The fourth-order valence-electron chi connectivity index (χ4n) is 0.508. The van der Waals surface area contributed by atoms with Gasteiger partial charge in [0.05, 0.1) is 6.10 Å². The lowest BCUT2D eigenvalue weighted by Crippen LogP contribution is -2.09. The van der Waals surface area contributed by atoms with Gasteiger partial charge >= 0.3 is 0 Å². The molecule has 1 unspecified atom stereocenters. The fourth-order valence-corrected chi connectivity index (χ4v) is 0.508. The van der Waals surface area contributed by atoms with Crippen molar-refractivity contribution in [1.29, 1.82) is 0 Å². The van der Waals surface area contributed by atoms with Crippen molar-refractivity contribution in [3.8, 4) is 0 Å². The van der Waals surface area contributed by atoms with Crippen LogP contribution in [0.3, 0.4) is 0 Å². The highest BCUT2D eigenvalue weighted by molar-refractivity contribution is 4.77. The molecule has 0 amide bonds. The van der Waals surface area contributed by atoms with Gasteiger partial charge < -0.3 is 9.47 Å². The summed E-state index contributed by atoms with van der Waals surface area (Å²) < 4.78 is 9.86. The lowest BCUT2D eigenvalue weighted by Gasteiger charge is -2.08. The zero-order valence-electron chi connectivity index (χ0n) is 6.09. The first-order valence-corrected chi connectivity index (χ1v) is 3.08. The highest BCUT2D eigenvalue weighted by Crippen LogP contribution is 1.97. The molecule has 0 N–H and O–H groups in total. The van der Waals surface area contributed by atoms with E-state index in [0.29, 0.717) is 6.79 Å². The molecule has 0 aromatic rings. The Kier molecular flexibility index (Phi) is 5.57. The number of rotatable bonds is 5. The summed E-state index contributed by atoms with van der Waals surface area (Å²) in [5, 5.41) is 0. The Morgan fingerprint density at radius 3 is 2.67 bits per heavy atom. The van der Waals surface area contributed by atoms with Crippen LogP contribution < -0.4 is 0 Å². The third kappa shape index (κ3) is 4.18. The molecule has 0 saturated heterocycles. The second-order valence-corrected chi connectivity index (χ2v) is 1.76. The predicted molar refractivity (Wildman–Crippen MR) is 37.2 cm³/mol. The molecule has 0 bridgehead atoms. The van der Waals surface area contributed by atoms with Crippen LogP contribution in [0.2, 0.25) is 0 Å². The number of ether oxygens (including phenoxy) is 2. The van der Waals surface area contributed by atoms with Gasteiger partial charge in [0.15, 0.2) is 0 Å². The molecular weight excluding hydrogens is 116 g/mol. The Hall–Kier alpha value is -0.340. The van der Waals surface area contributed by atoms with E-state index in [1.807, 2.05) is 6.92 Å². The minimum atomic E-state index is 0.143. The molecular formula is C7H14O2. The van der Waals surface area contributed by atoms with Crippen LogP contribution in [0.5, 0.6) is 0 Å². The van der Waals surface area contributed by atoms with E-state index in [0.717, 1.165) is 6.42 Å². The minimum absolute atomic E-state index is 0.143. The van der Waals surface area contributed by atoms with Crippen LogP contribution in [0, 0.1) is 0 Å². The van der Waals surface area contributed by atoms with E-state index in [2.05, 4.69) is 6.58 Å². The van der Waals surface area contributed by atoms with Crippen molar-refractivity contribution in [3.63, 3.8) is 0 Å². The zero-order chi connectivity index (χ0) is 7.11. The number of methoxy groups -OCH3 is 1. The standard InChI is InChI=1S/C7H14O2/c1-4-7(5-2)9-6-8-3/h4,7H,1,5-6H2,2-3H3. The van der Waals surface area contributed by atoms with Gasteiger partial charge in [-0.25, -0.2) is 0 Å². The van der Waals surface area contributed by atoms with E-state index >= 15 is 0 Å². The summed E-state index contributed by atoms with van der Waals surface area (Å²) in [4.78, 5) is 0. The van der Waals surface area contributed by atoms with Crippen molar-refractivity contribution >= 4 is 0 Å². The Labute approximate surface area is 56.5 Å². The van der Waals surface area contributed by atoms with E-state index in [-0.39, 0.29) is 6.10 Å². The zero-order valence-corrected chi connectivity index (χ0v) is 6.09. The maximum Gasteiger partial charge on any atom is 0.147 e. The number of hydrogen-bond donors (Lipinski definition) is 0. The van der Waals surface area contributed by atoms with Crippen LogP contribution in [0.1, 0.15) is 13.3 Å². The molecule has 0 spiro atoms. The third-order valence-electron chi connectivity index (χ3n) is 1.07. The Morgan fingerprint density at radius 2 is 2.33 bits per heavy atom. The summed E-state index contributed by atoms with van der Waals surface area (Å²) in [7, 11) is 1.61. The van der Waals surface area contributed by atoms with Crippen LogP contribution >= 0.6 is 0 Å². The lowest BCUT2D eigenvalue weighted by molar-refractivity contribution is -0.0559. The third-order valence-corrected chi connectivity index (χ3v) is 1.07. The molecule has 0 rings (SSSR count). The van der Waals surface area contributed by atoms with Gasteiger partial charge in [0.25, 0.3) is 0 Å². The first-order valence-electron chi connectivity index (χ1n) is 3.08. The van der Waals surface area contributed by atoms with Gasteiger partial charge in [0.1, 0.15) is 6.79 Å². The molecule has 0 aromatic carbocycles. The van der Waals surface area contributed by atoms with Crippen molar-refractivity contribution in [3.05, 3.63) is 12.7 Å². The predicted octanol–water partition coefficient (Wildman–Crippen LogP) is 1.57. The van der Waals surface area contributed by atoms with Gasteiger partial charge in [-0.1, -0.05) is 13.0 Å². The van der Waals surface area contributed by atoms with Crippen LogP contribution in [-0.4, -0.2) is 20.0 Å². The second-order valence-electron chi connectivity index (χ2n) is 1.76. The summed E-state index contributed by atoms with van der Waals surface area (Å²) >= 11 is 0. The van der Waals surface area contributed by atoms with E-state index in [1.54, 1.807) is 13.2 Å². The first-order chi connectivity index (χ1) is 4.35. The van der Waals surface area contributed by atoms with Crippen molar-refractivity contribution in [2.24, 2.45) is 0 Å². The van der Waals surface area contributed by atoms with Crippen molar-refractivity contribution < 1.29 is 9.47 Å². The maximum atomic E-state index is 5.15. The van der Waals surface area contributed by atoms with Crippen molar-refractivity contribution in [2.45, 2.75) is 19.4 Å². The molecule has 0 radical (unpaired) electrons. The van der Waals surface area contributed by atoms with Crippen LogP contribution in [0.25, 0.3) is 0 Å². The Bertz CT molecular complexity index is 71.3. The highest BCUT2D eigenvalue weighted by atomic mass is 16.7. The Balaban J connectivity index is 3.20. The monoisotopic (exact) mass is 130 g/mol. The van der Waals surface area contributed by atoms with Gasteiger partial charge in [0, 0.05) is 7.11 Å². The molecule has 0 aliphatic rings. The Morgan fingerprint density at radius 1 is 1.67 bits per heavy atom. The van der Waals surface area contributed by atoms with Gasteiger partial charge in [-0.05, 0) is 6.42 Å². The molecule has 2 nitrogen and oxygen atoms in total. The van der Waals surface area contributed by atoms with Gasteiger partial charge in [-0.3, -0.25) is 0 Å². The second kappa shape index (κ2) is 5.79. The summed E-state index contributed by atoms with van der Waals surface area (Å²) in [6.07, 6.45) is 2.87. The van der Waals surface area contributed by atoms with E-state index in [4.69, 9.17) is 9.47 Å². The largest absolute Gasteiger partial charge is 0.359 e. The maximum absolute atomic E-state index is 5.15. The summed E-state index contributed by atoms with van der Waals surface area (Å²) in [6, 6.07) is 0. The van der Waals surface area contributed by atoms with Crippen molar-refractivity contribution in [2.75, 3.05) is 13.9 Å². The first kappa shape index (κ1) is 8.66. The highest BCUT2D eigenvalue weighted by Gasteiger charge is 1.97. The summed E-state index contributed by atoms with van der Waals surface area (Å²) in [5.74, 6) is 0. The molecule has 0 aliphatic heterocycles. The summed E-state index contributed by atoms with van der Waals surface area (Å²) in [5.41, 5.74) is 0. The molecule has 2 heteroatoms. The summed E-state index contributed by atoms with van der Waals surface area (Å²) in [6.45, 7) is 6.00. The number of hydrogen-bond acceptors (Lipinski definition) is 2. The van der Waals surface area contributed by atoms with E-state index in [1.165, 1.54) is 0 Å². The molecule has 54 valence electrons. The lowest BCUT2D eigenvalue weighted by atomic mass is 10.3. The van der Waals surface area contributed by atoms with Crippen LogP contribution in [0.4, 0.5) is 0 Å². The SMILES string of the molecule is C=CC(CC)OCOC. The van der Waals surface area contributed by atoms with E-state index < -0.39 is 0 Å². The fraction of sp³-hybridized carbons (Fsp3) is 0.714. The molecule has 1 atom stereocenters. The van der Waals surface area contributed by atoms with Crippen LogP contribution in [-0.2, 0) is 9.47 Å². The van der Waals surface area contributed by atoms with Crippen LogP contribution in [0.15, 0.2) is 12.7 Å². The molecule has 0 heterocycles. The normalized spacial score (nSPS) is 13.1. The topological polar surface area (TPSA) is 18.5 Å². The smallest absolute Gasteiger partial charge is 0.147 e. The molecule has 0 fully saturated rings. The van der Waals surface area contributed by atoms with Crippen molar-refractivity contribution in [1.82, 2.24) is 0 Å². The minimum Gasteiger partial charge on any atom is -0.359 e. The quantitative estimate of drug-likeness (QED) is 0.415. The van der Waals surface area contributed by atoms with Gasteiger partial charge in [-0.2, -0.15) is 0 Å².